The predicted octanol–water partition coefficient (Wildman–Crippen LogP) is 21.9. The fourth-order valence-corrected chi connectivity index (χ4v) is 15.5. The van der Waals surface area contributed by atoms with Crippen molar-refractivity contribution in [2.24, 2.45) is 0 Å². The van der Waals surface area contributed by atoms with Crippen LogP contribution in [0.25, 0.3) is 127 Å². The molecule has 18 rings (SSSR count). The van der Waals surface area contributed by atoms with E-state index in [1.807, 2.05) is 0 Å². The summed E-state index contributed by atoms with van der Waals surface area (Å²) in [6, 6.07) is 105. The summed E-state index contributed by atoms with van der Waals surface area (Å²) in [7, 11) is 0. The van der Waals surface area contributed by atoms with Crippen molar-refractivity contribution in [3.63, 3.8) is 0 Å². The number of benzene rings is 13. The summed E-state index contributed by atoms with van der Waals surface area (Å²) in [5.41, 5.74) is 26.5. The third kappa shape index (κ3) is 6.81. The minimum absolute atomic E-state index is 0.298. The number of hydrogen-bond donors (Lipinski definition) is 0. The van der Waals surface area contributed by atoms with E-state index in [1.165, 1.54) is 143 Å². The smallest absolute Gasteiger partial charge is 0.0542 e. The van der Waals surface area contributed by atoms with Crippen LogP contribution < -0.4 is 4.90 Å². The topological polar surface area (TPSA) is 18.0 Å². The number of fused-ring (bicyclic) bond motifs is 16. The van der Waals surface area contributed by atoms with Crippen LogP contribution in [0.1, 0.15) is 49.9 Å². The Labute approximate surface area is 499 Å². The van der Waals surface area contributed by atoms with Crippen molar-refractivity contribution in [1.29, 1.82) is 0 Å². The Morgan fingerprint density at radius 1 is 0.256 bits per heavy atom. The maximum Gasteiger partial charge on any atom is 0.0542 e. The molecule has 3 heterocycles. The zero-order valence-corrected chi connectivity index (χ0v) is 48.3. The van der Waals surface area contributed by atoms with E-state index in [4.69, 9.17) is 0 Å². The molecule has 406 valence electrons. The largest absolute Gasteiger partial charge is 0.310 e. The fourth-order valence-electron chi connectivity index (χ4n) is 15.5. The molecule has 0 fully saturated rings. The molecule has 16 aromatic rings. The van der Waals surface area contributed by atoms with E-state index in [9.17, 15) is 0 Å². The molecule has 0 aliphatic heterocycles. The fraction of sp³-hybridized carbons (Fsp3) is 0.0732. The van der Waals surface area contributed by atoms with E-state index >= 15 is 0 Å². The lowest BCUT2D eigenvalue weighted by Crippen LogP contribution is -2.18. The highest BCUT2D eigenvalue weighted by atomic mass is 15.1. The van der Waals surface area contributed by atoms with Gasteiger partial charge in [0.15, 0.2) is 0 Å². The van der Waals surface area contributed by atoms with Gasteiger partial charge in [-0.1, -0.05) is 198 Å². The zero-order chi connectivity index (χ0) is 57.2. The van der Waals surface area contributed by atoms with E-state index in [0.717, 1.165) is 22.7 Å². The molecule has 0 saturated carbocycles. The molecule has 0 N–H and O–H groups in total. The summed E-state index contributed by atoms with van der Waals surface area (Å²) in [5.74, 6) is 0. The maximum atomic E-state index is 2.55. The molecule has 0 bridgehead atoms. The molecule has 3 aromatic heterocycles. The standard InChI is InChI=1S/C82H58N4/c1-81(2)69-47-52(51-35-43-80-68(46-51)67-28-14-17-31-75(67)84(80)53-20-6-5-7-21-53)34-39-57(69)58-40-36-54(48-70(58)81)83(78-44-45-79(66-23-9-8-22-65(66)78)86-76-32-18-12-26-63(76)64-27-13-19-33-77(64)86)55-37-41-59-60-42-38-56(50-72(60)82(3,4)71(59)49-55)85-73-29-15-10-24-61(73)62-25-11-16-30-74(62)85/h5-50H,1-4H3. The molecule has 86 heavy (non-hydrogen) atoms. The van der Waals surface area contributed by atoms with E-state index in [2.05, 4.69) is 325 Å². The highest BCUT2D eigenvalue weighted by molar-refractivity contribution is 6.14. The first-order valence-corrected chi connectivity index (χ1v) is 30.2. The van der Waals surface area contributed by atoms with Crippen molar-refractivity contribution in [2.45, 2.75) is 38.5 Å². The van der Waals surface area contributed by atoms with Crippen LogP contribution >= 0.6 is 0 Å². The normalized spacial score (nSPS) is 13.8. The predicted molar refractivity (Wildman–Crippen MR) is 362 cm³/mol. The summed E-state index contributed by atoms with van der Waals surface area (Å²) in [6.07, 6.45) is 0. The molecule has 2 aliphatic rings. The Kier molecular flexibility index (Phi) is 10.2. The van der Waals surface area contributed by atoms with Crippen molar-refractivity contribution in [1.82, 2.24) is 13.7 Å². The van der Waals surface area contributed by atoms with Crippen LogP contribution in [0.4, 0.5) is 17.1 Å². The number of aromatic nitrogens is 3. The first kappa shape index (κ1) is 48.8. The van der Waals surface area contributed by atoms with Crippen LogP contribution in [0.15, 0.2) is 279 Å². The Balaban J connectivity index is 0.790. The average Bonchev–Trinajstić information content (AvgIpc) is 1.64. The Hall–Kier alpha value is -10.7. The van der Waals surface area contributed by atoms with Gasteiger partial charge in [-0.3, -0.25) is 0 Å². The third-order valence-electron chi connectivity index (χ3n) is 19.6. The van der Waals surface area contributed by atoms with Crippen LogP contribution in [-0.2, 0) is 10.8 Å². The molecular weight excluding hydrogens is 1040 g/mol. The molecular formula is C82H58N4. The summed E-state index contributed by atoms with van der Waals surface area (Å²) < 4.78 is 7.31. The van der Waals surface area contributed by atoms with Crippen molar-refractivity contribution < 1.29 is 0 Å². The van der Waals surface area contributed by atoms with Crippen molar-refractivity contribution in [2.75, 3.05) is 4.90 Å². The van der Waals surface area contributed by atoms with Crippen molar-refractivity contribution in [3.05, 3.63) is 301 Å². The molecule has 0 saturated heterocycles. The third-order valence-corrected chi connectivity index (χ3v) is 19.6. The van der Waals surface area contributed by atoms with Crippen LogP contribution in [0.3, 0.4) is 0 Å². The van der Waals surface area contributed by atoms with Gasteiger partial charge < -0.3 is 18.6 Å². The summed E-state index contributed by atoms with van der Waals surface area (Å²) in [5, 5.41) is 9.94. The lowest BCUT2D eigenvalue weighted by Gasteiger charge is -2.31. The molecule has 0 atom stereocenters. The second kappa shape index (κ2) is 17.9. The Morgan fingerprint density at radius 2 is 0.640 bits per heavy atom. The lowest BCUT2D eigenvalue weighted by molar-refractivity contribution is 0.659. The van der Waals surface area contributed by atoms with Gasteiger partial charge >= 0.3 is 0 Å². The summed E-state index contributed by atoms with van der Waals surface area (Å²) in [4.78, 5) is 2.55. The van der Waals surface area contributed by atoms with Gasteiger partial charge in [-0.2, -0.15) is 0 Å². The Morgan fingerprint density at radius 3 is 1.19 bits per heavy atom. The van der Waals surface area contributed by atoms with E-state index < -0.39 is 0 Å². The highest BCUT2D eigenvalue weighted by Gasteiger charge is 2.39. The molecule has 0 radical (unpaired) electrons. The summed E-state index contributed by atoms with van der Waals surface area (Å²) in [6.45, 7) is 9.68. The number of nitrogens with zero attached hydrogens (tertiary/aromatic N) is 4. The minimum atomic E-state index is -0.299. The first-order valence-electron chi connectivity index (χ1n) is 30.2. The van der Waals surface area contributed by atoms with Gasteiger partial charge in [0.25, 0.3) is 0 Å². The van der Waals surface area contributed by atoms with Crippen molar-refractivity contribution >= 4 is 93.3 Å². The maximum absolute atomic E-state index is 2.55. The van der Waals surface area contributed by atoms with E-state index in [1.54, 1.807) is 0 Å². The molecule has 2 aliphatic carbocycles. The van der Waals surface area contributed by atoms with E-state index in [-0.39, 0.29) is 10.8 Å². The monoisotopic (exact) mass is 1100 g/mol. The Bertz CT molecular complexity index is 5440. The summed E-state index contributed by atoms with van der Waals surface area (Å²) >= 11 is 0. The molecule has 4 nitrogen and oxygen atoms in total. The van der Waals surface area contributed by atoms with Gasteiger partial charge in [0, 0.05) is 76.7 Å². The number of hydrogen-bond acceptors (Lipinski definition) is 1. The van der Waals surface area contributed by atoms with Crippen molar-refractivity contribution in [3.8, 4) is 50.4 Å². The number of para-hydroxylation sites is 6. The quantitative estimate of drug-likeness (QED) is 0.156. The molecule has 0 spiro atoms. The number of rotatable bonds is 7. The zero-order valence-electron chi connectivity index (χ0n) is 48.3. The molecule has 0 unspecified atom stereocenters. The van der Waals surface area contributed by atoms with Gasteiger partial charge in [-0.05, 0) is 165 Å². The minimum Gasteiger partial charge on any atom is -0.310 e. The molecule has 13 aromatic carbocycles. The SMILES string of the molecule is CC1(C)c2cc(-c3ccc4c(c3)c3ccccc3n4-c3ccccc3)ccc2-c2ccc(N(c3ccc4c(c3)C(C)(C)c3cc(-n5c6ccccc6c6ccccc65)ccc3-4)c3ccc(-n4c5ccccc5c5ccccc54)c4ccccc34)cc21. The second-order valence-electron chi connectivity index (χ2n) is 24.8. The van der Waals surface area contributed by atoms with Gasteiger partial charge in [-0.25, -0.2) is 0 Å². The van der Waals surface area contributed by atoms with Gasteiger partial charge in [0.2, 0.25) is 0 Å². The average molecular weight is 1100 g/mol. The van der Waals surface area contributed by atoms with E-state index in [0.29, 0.717) is 0 Å². The molecule has 4 heteroatoms. The van der Waals surface area contributed by atoms with Gasteiger partial charge in [-0.15, -0.1) is 0 Å². The van der Waals surface area contributed by atoms with Gasteiger partial charge in [0.1, 0.15) is 0 Å². The second-order valence-corrected chi connectivity index (χ2v) is 24.8. The van der Waals surface area contributed by atoms with Crippen LogP contribution in [-0.4, -0.2) is 13.7 Å². The first-order chi connectivity index (χ1) is 42.2. The van der Waals surface area contributed by atoms with Crippen LogP contribution in [0.2, 0.25) is 0 Å². The van der Waals surface area contributed by atoms with Crippen LogP contribution in [0.5, 0.6) is 0 Å². The van der Waals surface area contributed by atoms with Gasteiger partial charge in [0.05, 0.1) is 44.5 Å². The van der Waals surface area contributed by atoms with Crippen LogP contribution in [0, 0.1) is 0 Å². The number of anilines is 3. The molecule has 0 amide bonds. The lowest BCUT2D eigenvalue weighted by atomic mass is 9.81. The highest BCUT2D eigenvalue weighted by Crippen LogP contribution is 2.55.